The molecule has 0 amide bonds. The summed E-state index contributed by atoms with van der Waals surface area (Å²) in [4.78, 5) is 2.71. The van der Waals surface area contributed by atoms with Gasteiger partial charge in [0, 0.05) is 17.1 Å². The molecular formula is C15H32N2. The second-order valence-electron chi connectivity index (χ2n) is 7.48. The molecule has 1 aliphatic rings. The minimum Gasteiger partial charge on any atom is -0.312 e. The van der Waals surface area contributed by atoms with E-state index >= 15 is 0 Å². The topological polar surface area (TPSA) is 15.3 Å². The van der Waals surface area contributed by atoms with Crippen LogP contribution in [0.2, 0.25) is 0 Å². The van der Waals surface area contributed by atoms with Crippen LogP contribution in [0, 0.1) is 0 Å². The number of nitrogens with one attached hydrogen (secondary N) is 1. The molecule has 102 valence electrons. The molecule has 1 saturated heterocycles. The summed E-state index contributed by atoms with van der Waals surface area (Å²) in [5, 5.41) is 3.61. The lowest BCUT2D eigenvalue weighted by molar-refractivity contribution is 0.0465. The summed E-state index contributed by atoms with van der Waals surface area (Å²) in [6.45, 7) is 16.2. The van der Waals surface area contributed by atoms with Gasteiger partial charge in [0.15, 0.2) is 0 Å². The van der Waals surface area contributed by atoms with Crippen LogP contribution in [0.5, 0.6) is 0 Å². The van der Waals surface area contributed by atoms with Gasteiger partial charge in [0.2, 0.25) is 0 Å². The highest BCUT2D eigenvalue weighted by atomic mass is 15.2. The van der Waals surface area contributed by atoms with E-state index in [-0.39, 0.29) is 5.54 Å². The molecular weight excluding hydrogens is 208 g/mol. The van der Waals surface area contributed by atoms with Crippen LogP contribution in [0.15, 0.2) is 0 Å². The number of hydrogen-bond acceptors (Lipinski definition) is 2. The third-order valence-electron chi connectivity index (χ3n) is 3.62. The molecule has 0 aromatic carbocycles. The van der Waals surface area contributed by atoms with Gasteiger partial charge in [0.05, 0.1) is 0 Å². The van der Waals surface area contributed by atoms with Gasteiger partial charge in [-0.2, -0.15) is 0 Å². The Balaban J connectivity index is 2.44. The average Bonchev–Trinajstić information content (AvgIpc) is 2.15. The van der Waals surface area contributed by atoms with E-state index in [9.17, 15) is 0 Å². The first-order valence-electron chi connectivity index (χ1n) is 7.22. The molecule has 0 spiro atoms. The summed E-state index contributed by atoms with van der Waals surface area (Å²) in [5.74, 6) is 0. The van der Waals surface area contributed by atoms with E-state index in [0.29, 0.717) is 5.54 Å². The van der Waals surface area contributed by atoms with Gasteiger partial charge in [-0.3, -0.25) is 4.90 Å². The van der Waals surface area contributed by atoms with E-state index < -0.39 is 0 Å². The molecule has 0 aromatic heterocycles. The van der Waals surface area contributed by atoms with Gasteiger partial charge in [0.1, 0.15) is 0 Å². The molecule has 17 heavy (non-hydrogen) atoms. The predicted molar refractivity (Wildman–Crippen MR) is 76.5 cm³/mol. The second-order valence-corrected chi connectivity index (χ2v) is 7.48. The van der Waals surface area contributed by atoms with Gasteiger partial charge in [-0.05, 0) is 73.9 Å². The second kappa shape index (κ2) is 5.71. The van der Waals surface area contributed by atoms with Gasteiger partial charge < -0.3 is 5.32 Å². The highest BCUT2D eigenvalue weighted by Crippen LogP contribution is 2.27. The SMILES string of the molecule is CC(C)(C)NCCC1CCCCN1C(C)(C)C. The zero-order valence-electron chi connectivity index (χ0n) is 12.8. The number of likely N-dealkylation sites (tertiary alicyclic amines) is 1. The van der Waals surface area contributed by atoms with Crippen LogP contribution in [-0.2, 0) is 0 Å². The Morgan fingerprint density at radius 1 is 1.06 bits per heavy atom. The number of piperidine rings is 1. The maximum Gasteiger partial charge on any atom is 0.0127 e. The standard InChI is InChI=1S/C15H32N2/c1-14(2,3)16-11-10-13-9-7-8-12-17(13)15(4,5)6/h13,16H,7-12H2,1-6H3. The van der Waals surface area contributed by atoms with Crippen molar-refractivity contribution in [2.45, 2.75) is 84.3 Å². The first-order chi connectivity index (χ1) is 7.70. The summed E-state index contributed by atoms with van der Waals surface area (Å²) in [5.41, 5.74) is 0.577. The van der Waals surface area contributed by atoms with Gasteiger partial charge in [-0.1, -0.05) is 6.42 Å². The van der Waals surface area contributed by atoms with E-state index in [1.807, 2.05) is 0 Å². The van der Waals surface area contributed by atoms with Crippen molar-refractivity contribution in [3.8, 4) is 0 Å². The fraction of sp³-hybridized carbons (Fsp3) is 1.00. The van der Waals surface area contributed by atoms with Gasteiger partial charge in [-0.15, -0.1) is 0 Å². The van der Waals surface area contributed by atoms with Crippen molar-refractivity contribution in [2.24, 2.45) is 0 Å². The first kappa shape index (κ1) is 15.0. The van der Waals surface area contributed by atoms with Crippen molar-refractivity contribution in [2.75, 3.05) is 13.1 Å². The molecule has 1 N–H and O–H groups in total. The van der Waals surface area contributed by atoms with E-state index in [2.05, 4.69) is 51.8 Å². The molecule has 0 radical (unpaired) electrons. The van der Waals surface area contributed by atoms with Crippen LogP contribution in [0.3, 0.4) is 0 Å². The Morgan fingerprint density at radius 3 is 2.24 bits per heavy atom. The van der Waals surface area contributed by atoms with Gasteiger partial charge in [-0.25, -0.2) is 0 Å². The van der Waals surface area contributed by atoms with Crippen LogP contribution in [0.1, 0.15) is 67.2 Å². The molecule has 0 aliphatic carbocycles. The van der Waals surface area contributed by atoms with Crippen LogP contribution >= 0.6 is 0 Å². The van der Waals surface area contributed by atoms with E-state index in [0.717, 1.165) is 12.6 Å². The lowest BCUT2D eigenvalue weighted by Crippen LogP contribution is -2.51. The highest BCUT2D eigenvalue weighted by molar-refractivity contribution is 4.87. The molecule has 1 heterocycles. The number of rotatable bonds is 3. The summed E-state index contributed by atoms with van der Waals surface area (Å²) < 4.78 is 0. The fourth-order valence-corrected chi connectivity index (χ4v) is 2.80. The maximum absolute atomic E-state index is 3.61. The molecule has 2 heteroatoms. The Labute approximate surface area is 108 Å². The Morgan fingerprint density at radius 2 is 1.71 bits per heavy atom. The normalized spacial score (nSPS) is 24.0. The summed E-state index contributed by atoms with van der Waals surface area (Å²) in [6, 6.07) is 0.776. The summed E-state index contributed by atoms with van der Waals surface area (Å²) >= 11 is 0. The zero-order chi connectivity index (χ0) is 13.1. The zero-order valence-corrected chi connectivity index (χ0v) is 12.8. The van der Waals surface area contributed by atoms with Gasteiger partial charge >= 0.3 is 0 Å². The first-order valence-corrected chi connectivity index (χ1v) is 7.22. The monoisotopic (exact) mass is 240 g/mol. The van der Waals surface area contributed by atoms with Crippen LogP contribution in [0.4, 0.5) is 0 Å². The van der Waals surface area contributed by atoms with Crippen molar-refractivity contribution in [1.29, 1.82) is 0 Å². The minimum absolute atomic E-state index is 0.251. The molecule has 1 aliphatic heterocycles. The van der Waals surface area contributed by atoms with E-state index in [4.69, 9.17) is 0 Å². The smallest absolute Gasteiger partial charge is 0.0127 e. The summed E-state index contributed by atoms with van der Waals surface area (Å²) in [6.07, 6.45) is 5.45. The third-order valence-corrected chi connectivity index (χ3v) is 3.62. The lowest BCUT2D eigenvalue weighted by Gasteiger charge is -2.45. The highest BCUT2D eigenvalue weighted by Gasteiger charge is 2.30. The van der Waals surface area contributed by atoms with Crippen LogP contribution < -0.4 is 5.32 Å². The summed E-state index contributed by atoms with van der Waals surface area (Å²) in [7, 11) is 0. The van der Waals surface area contributed by atoms with Crippen LogP contribution in [-0.4, -0.2) is 35.1 Å². The molecule has 0 bridgehead atoms. The average molecular weight is 240 g/mol. The molecule has 0 saturated carbocycles. The van der Waals surface area contributed by atoms with Gasteiger partial charge in [0.25, 0.3) is 0 Å². The van der Waals surface area contributed by atoms with Crippen molar-refractivity contribution in [3.05, 3.63) is 0 Å². The molecule has 1 fully saturated rings. The van der Waals surface area contributed by atoms with E-state index in [1.165, 1.54) is 32.2 Å². The quantitative estimate of drug-likeness (QED) is 0.813. The molecule has 1 atom stereocenters. The van der Waals surface area contributed by atoms with Crippen molar-refractivity contribution < 1.29 is 0 Å². The Hall–Kier alpha value is -0.0800. The largest absolute Gasteiger partial charge is 0.312 e. The molecule has 2 nitrogen and oxygen atoms in total. The van der Waals surface area contributed by atoms with Crippen molar-refractivity contribution in [3.63, 3.8) is 0 Å². The maximum atomic E-state index is 3.61. The molecule has 1 unspecified atom stereocenters. The Kier molecular flexibility index (Phi) is 5.03. The number of hydrogen-bond donors (Lipinski definition) is 1. The van der Waals surface area contributed by atoms with E-state index in [1.54, 1.807) is 0 Å². The lowest BCUT2D eigenvalue weighted by atomic mass is 9.92. The van der Waals surface area contributed by atoms with Crippen molar-refractivity contribution >= 4 is 0 Å². The van der Waals surface area contributed by atoms with Crippen molar-refractivity contribution in [1.82, 2.24) is 10.2 Å². The molecule has 0 aromatic rings. The number of nitrogens with zero attached hydrogens (tertiary/aromatic N) is 1. The molecule has 1 rings (SSSR count). The van der Waals surface area contributed by atoms with Crippen LogP contribution in [0.25, 0.3) is 0 Å². The minimum atomic E-state index is 0.251. The predicted octanol–water partition coefficient (Wildman–Crippen LogP) is 3.42. The Bertz CT molecular complexity index is 222. The fourth-order valence-electron chi connectivity index (χ4n) is 2.80. The third kappa shape index (κ3) is 5.39.